The van der Waals surface area contributed by atoms with Crippen molar-refractivity contribution in [1.29, 1.82) is 0 Å². The minimum atomic E-state index is -0.925. The first-order chi connectivity index (χ1) is 8.56. The first-order valence-corrected chi connectivity index (χ1v) is 6.99. The number of carbonyl (C=O) groups is 1. The number of carboxylic acids is 1. The average Bonchev–Trinajstić information content (AvgIpc) is 2.93. The van der Waals surface area contributed by atoms with Crippen molar-refractivity contribution >= 4 is 22.3 Å². The molecule has 5 nitrogen and oxygen atoms in total. The molecule has 0 aromatic carbocycles. The lowest BCUT2D eigenvalue weighted by Crippen LogP contribution is -2.06. The molecule has 96 valence electrons. The van der Waals surface area contributed by atoms with E-state index in [9.17, 15) is 9.90 Å². The summed E-state index contributed by atoms with van der Waals surface area (Å²) in [6, 6.07) is 0. The summed E-state index contributed by atoms with van der Waals surface area (Å²) in [6.45, 7) is 4.25. The zero-order valence-electron chi connectivity index (χ0n) is 10.4. The summed E-state index contributed by atoms with van der Waals surface area (Å²) in [6.07, 6.45) is 2.96. The van der Waals surface area contributed by atoms with Gasteiger partial charge in [-0.15, -0.1) is 0 Å². The first-order valence-electron chi connectivity index (χ1n) is 6.18. The van der Waals surface area contributed by atoms with Gasteiger partial charge in [0.15, 0.2) is 5.69 Å². The normalized spacial score (nSPS) is 15.7. The van der Waals surface area contributed by atoms with Crippen molar-refractivity contribution in [2.24, 2.45) is 5.92 Å². The Kier molecular flexibility index (Phi) is 2.62. The zero-order chi connectivity index (χ0) is 12.9. The van der Waals surface area contributed by atoms with Crippen LogP contribution in [0.2, 0.25) is 0 Å². The summed E-state index contributed by atoms with van der Waals surface area (Å²) in [5.74, 6) is -0.0821. The summed E-state index contributed by atoms with van der Waals surface area (Å²) in [5.41, 5.74) is 0.983. The summed E-state index contributed by atoms with van der Waals surface area (Å²) < 4.78 is 1.51. The Bertz CT molecular complexity index is 610. The van der Waals surface area contributed by atoms with E-state index in [1.54, 1.807) is 0 Å². The van der Waals surface area contributed by atoms with Gasteiger partial charge in [-0.05, 0) is 18.8 Å². The predicted octanol–water partition coefficient (Wildman–Crippen LogP) is 2.56. The highest BCUT2D eigenvalue weighted by Gasteiger charge is 2.33. The van der Waals surface area contributed by atoms with E-state index >= 15 is 0 Å². The smallest absolute Gasteiger partial charge is 0.356 e. The molecule has 0 aliphatic heterocycles. The second-order valence-corrected chi connectivity index (χ2v) is 6.25. The summed E-state index contributed by atoms with van der Waals surface area (Å²) in [7, 11) is 0. The molecule has 0 bridgehead atoms. The van der Waals surface area contributed by atoms with Crippen LogP contribution in [0.3, 0.4) is 0 Å². The van der Waals surface area contributed by atoms with Crippen molar-refractivity contribution in [2.45, 2.75) is 39.0 Å². The van der Waals surface area contributed by atoms with Gasteiger partial charge >= 0.3 is 5.97 Å². The van der Waals surface area contributed by atoms with Crippen LogP contribution in [-0.2, 0) is 6.42 Å². The van der Waals surface area contributed by atoms with Crippen LogP contribution in [0.15, 0.2) is 0 Å². The van der Waals surface area contributed by atoms with E-state index in [0.717, 1.165) is 30.0 Å². The number of hydrogen-bond donors (Lipinski definition) is 1. The van der Waals surface area contributed by atoms with Gasteiger partial charge in [-0.25, -0.2) is 9.78 Å². The molecule has 1 aliphatic carbocycles. The van der Waals surface area contributed by atoms with Gasteiger partial charge in [0.05, 0.1) is 5.69 Å². The highest BCUT2D eigenvalue weighted by molar-refractivity contribution is 7.16. The molecule has 0 amide bonds. The molecule has 0 atom stereocenters. The third kappa shape index (κ3) is 1.90. The molecule has 1 aliphatic rings. The fraction of sp³-hybridized carbons (Fsp3) is 0.583. The Morgan fingerprint density at radius 2 is 2.28 bits per heavy atom. The second kappa shape index (κ2) is 4.05. The van der Waals surface area contributed by atoms with E-state index in [4.69, 9.17) is 0 Å². The molecule has 6 heteroatoms. The second-order valence-electron chi connectivity index (χ2n) is 5.21. The maximum Gasteiger partial charge on any atom is 0.356 e. The first kappa shape index (κ1) is 11.6. The molecule has 3 rings (SSSR count). The Morgan fingerprint density at radius 1 is 1.56 bits per heavy atom. The average molecular weight is 265 g/mol. The number of nitrogens with zero attached hydrogens (tertiary/aromatic N) is 3. The number of rotatable bonds is 4. The number of carboxylic acid groups (broad SMARTS) is 1. The highest BCUT2D eigenvalue weighted by atomic mass is 32.1. The molecule has 2 heterocycles. The van der Waals surface area contributed by atoms with Crippen molar-refractivity contribution in [3.8, 4) is 0 Å². The summed E-state index contributed by atoms with van der Waals surface area (Å²) in [5, 5.41) is 14.7. The molecular formula is C12H15N3O2S. The lowest BCUT2D eigenvalue weighted by molar-refractivity contribution is 0.0686. The van der Waals surface area contributed by atoms with E-state index in [-0.39, 0.29) is 5.69 Å². The van der Waals surface area contributed by atoms with Crippen LogP contribution in [0.25, 0.3) is 4.96 Å². The molecule has 0 radical (unpaired) electrons. The van der Waals surface area contributed by atoms with Crippen molar-refractivity contribution in [1.82, 2.24) is 14.6 Å². The van der Waals surface area contributed by atoms with Gasteiger partial charge in [0.25, 0.3) is 0 Å². The van der Waals surface area contributed by atoms with E-state index in [0.29, 0.717) is 16.8 Å². The molecular weight excluding hydrogens is 250 g/mol. The molecule has 18 heavy (non-hydrogen) atoms. The van der Waals surface area contributed by atoms with Crippen molar-refractivity contribution in [2.75, 3.05) is 0 Å². The number of imidazole rings is 1. The third-order valence-corrected chi connectivity index (χ3v) is 3.95. The number of aromatic carboxylic acids is 1. The minimum Gasteiger partial charge on any atom is -0.476 e. The van der Waals surface area contributed by atoms with Gasteiger partial charge in [0.1, 0.15) is 5.01 Å². The van der Waals surface area contributed by atoms with Gasteiger partial charge in [0, 0.05) is 12.3 Å². The molecule has 1 saturated carbocycles. The van der Waals surface area contributed by atoms with Crippen LogP contribution in [0.5, 0.6) is 0 Å². The van der Waals surface area contributed by atoms with Crippen molar-refractivity contribution in [3.63, 3.8) is 0 Å². The van der Waals surface area contributed by atoms with Gasteiger partial charge < -0.3 is 5.11 Å². The maximum atomic E-state index is 11.4. The van der Waals surface area contributed by atoms with Gasteiger partial charge in [-0.2, -0.15) is 9.61 Å². The zero-order valence-corrected chi connectivity index (χ0v) is 11.2. The van der Waals surface area contributed by atoms with Gasteiger partial charge in [-0.1, -0.05) is 25.2 Å². The quantitative estimate of drug-likeness (QED) is 0.922. The Balaban J connectivity index is 2.09. The summed E-state index contributed by atoms with van der Waals surface area (Å²) >= 11 is 1.50. The van der Waals surface area contributed by atoms with Gasteiger partial charge in [-0.3, -0.25) is 0 Å². The molecule has 0 unspecified atom stereocenters. The van der Waals surface area contributed by atoms with Crippen LogP contribution >= 0.6 is 11.3 Å². The Hall–Kier alpha value is -1.43. The predicted molar refractivity (Wildman–Crippen MR) is 68.3 cm³/mol. The van der Waals surface area contributed by atoms with Crippen LogP contribution < -0.4 is 0 Å². The van der Waals surface area contributed by atoms with Crippen LogP contribution in [0.4, 0.5) is 0 Å². The van der Waals surface area contributed by atoms with Crippen LogP contribution in [-0.4, -0.2) is 25.7 Å². The topological polar surface area (TPSA) is 67.5 Å². The Labute approximate surface area is 108 Å². The van der Waals surface area contributed by atoms with Gasteiger partial charge in [0.2, 0.25) is 4.96 Å². The fourth-order valence-corrected chi connectivity index (χ4v) is 3.19. The third-order valence-electron chi connectivity index (χ3n) is 3.02. The maximum absolute atomic E-state index is 11.4. The standard InChI is InChI=1S/C12H15N3O2S/c1-6(2)5-8-14-15-10(11(16)17)9(7-3-4-7)13-12(15)18-8/h6-7H,3-5H2,1-2H3,(H,16,17). The SMILES string of the molecule is CC(C)Cc1nn2c(C(=O)O)c(C3CC3)nc2s1. The van der Waals surface area contributed by atoms with E-state index in [1.807, 2.05) is 0 Å². The molecule has 2 aromatic heterocycles. The van der Waals surface area contributed by atoms with E-state index < -0.39 is 5.97 Å². The molecule has 0 spiro atoms. The highest BCUT2D eigenvalue weighted by Crippen LogP contribution is 2.41. The lowest BCUT2D eigenvalue weighted by Gasteiger charge is -1.99. The minimum absolute atomic E-state index is 0.263. The van der Waals surface area contributed by atoms with Crippen LogP contribution in [0.1, 0.15) is 53.8 Å². The number of fused-ring (bicyclic) bond motifs is 1. The molecule has 2 aromatic rings. The fourth-order valence-electron chi connectivity index (χ4n) is 2.08. The summed E-state index contributed by atoms with van der Waals surface area (Å²) in [4.78, 5) is 16.5. The molecule has 1 fully saturated rings. The molecule has 1 N–H and O–H groups in total. The number of aromatic nitrogens is 3. The van der Waals surface area contributed by atoms with E-state index in [2.05, 4.69) is 23.9 Å². The lowest BCUT2D eigenvalue weighted by atomic mass is 10.1. The Morgan fingerprint density at radius 3 is 2.83 bits per heavy atom. The van der Waals surface area contributed by atoms with Crippen LogP contribution in [0, 0.1) is 5.92 Å². The molecule has 0 saturated heterocycles. The number of hydrogen-bond acceptors (Lipinski definition) is 4. The largest absolute Gasteiger partial charge is 0.476 e. The van der Waals surface area contributed by atoms with Crippen molar-refractivity contribution in [3.05, 3.63) is 16.4 Å². The van der Waals surface area contributed by atoms with E-state index in [1.165, 1.54) is 15.9 Å². The monoisotopic (exact) mass is 265 g/mol. The van der Waals surface area contributed by atoms with Crippen molar-refractivity contribution < 1.29 is 9.90 Å².